The van der Waals surface area contributed by atoms with Gasteiger partial charge in [-0.2, -0.15) is 5.26 Å². The summed E-state index contributed by atoms with van der Waals surface area (Å²) in [5, 5.41) is 9.87. The molecule has 45 heavy (non-hydrogen) atoms. The fourth-order valence-corrected chi connectivity index (χ4v) is 8.82. The van der Waals surface area contributed by atoms with Gasteiger partial charge in [0.2, 0.25) is 5.91 Å². The van der Waals surface area contributed by atoms with Crippen LogP contribution in [0.4, 0.5) is 0 Å². The van der Waals surface area contributed by atoms with E-state index < -0.39 is 5.41 Å². The molecule has 1 amide bonds. The lowest BCUT2D eigenvalue weighted by molar-refractivity contribution is -0.136. The first-order valence-electron chi connectivity index (χ1n) is 17.6. The normalized spacial score (nSPS) is 29.9. The minimum atomic E-state index is -0.535. The van der Waals surface area contributed by atoms with Crippen LogP contribution in [-0.4, -0.2) is 48.7 Å². The number of fused-ring (bicyclic) bond motifs is 1. The Morgan fingerprint density at radius 2 is 1.67 bits per heavy atom. The van der Waals surface area contributed by atoms with E-state index in [0.717, 1.165) is 50.5 Å². The van der Waals surface area contributed by atoms with Crippen molar-refractivity contribution in [1.82, 2.24) is 4.90 Å². The highest BCUT2D eigenvalue weighted by Gasteiger charge is 2.58. The summed E-state index contributed by atoms with van der Waals surface area (Å²) in [7, 11) is 0. The van der Waals surface area contributed by atoms with Crippen molar-refractivity contribution < 1.29 is 19.1 Å². The summed E-state index contributed by atoms with van der Waals surface area (Å²) in [5.41, 5.74) is 0.567. The monoisotopic (exact) mass is 622 g/mol. The molecule has 0 aromatic heterocycles. The maximum atomic E-state index is 13.2. The number of allylic oxidation sites excluding steroid dienone is 4. The Morgan fingerprint density at radius 3 is 2.24 bits per heavy atom. The van der Waals surface area contributed by atoms with E-state index in [2.05, 4.69) is 61.5 Å². The highest BCUT2D eigenvalue weighted by Crippen LogP contribution is 2.65. The zero-order chi connectivity index (χ0) is 33.8. The Morgan fingerprint density at radius 1 is 1.04 bits per heavy atom. The van der Waals surface area contributed by atoms with Crippen molar-refractivity contribution in [2.45, 2.75) is 133 Å². The Bertz CT molecular complexity index is 1220. The molecule has 1 heterocycles. The second-order valence-electron chi connectivity index (χ2n) is 16.9. The van der Waals surface area contributed by atoms with Crippen LogP contribution in [0, 0.1) is 50.2 Å². The van der Waals surface area contributed by atoms with Gasteiger partial charge in [-0.1, -0.05) is 80.4 Å². The largest absolute Gasteiger partial charge is 0.378 e. The SMILES string of the molecule is CCCC(C)(C)CC[C@](C)(CCC(=O)N1CCOCC1)CCC(C)(C)[C@]1(C)CC[C@H]2[C@H](C)C(=O)C(C#N)=C[C@]2(C)/C1=C/C(C)=O. The number of carbonyl (C=O) groups excluding carboxylic acids is 3. The number of ether oxygens (including phenoxy) is 1. The molecule has 1 saturated carbocycles. The van der Waals surface area contributed by atoms with Crippen molar-refractivity contribution in [2.24, 2.45) is 38.9 Å². The third kappa shape index (κ3) is 8.19. The lowest BCUT2D eigenvalue weighted by Crippen LogP contribution is -2.52. The fourth-order valence-electron chi connectivity index (χ4n) is 8.82. The van der Waals surface area contributed by atoms with Gasteiger partial charge in [0.05, 0.1) is 18.8 Å². The van der Waals surface area contributed by atoms with Crippen molar-refractivity contribution >= 4 is 17.5 Å². The Labute approximate surface area is 274 Å². The number of nitrogens with zero attached hydrogens (tertiary/aromatic N) is 2. The number of carbonyl (C=O) groups is 3. The molecule has 0 radical (unpaired) electrons. The molecule has 6 nitrogen and oxygen atoms in total. The average molecular weight is 623 g/mol. The number of Topliss-reactive ketones (excluding diaryl/α,β-unsaturated/α-hetero) is 1. The van der Waals surface area contributed by atoms with Gasteiger partial charge in [-0.3, -0.25) is 14.4 Å². The van der Waals surface area contributed by atoms with Gasteiger partial charge in [-0.15, -0.1) is 0 Å². The summed E-state index contributed by atoms with van der Waals surface area (Å²) in [6.07, 6.45) is 13.4. The third-order valence-corrected chi connectivity index (χ3v) is 12.6. The summed E-state index contributed by atoms with van der Waals surface area (Å²) in [5.74, 6) is -0.0128. The van der Waals surface area contributed by atoms with Gasteiger partial charge < -0.3 is 9.64 Å². The summed E-state index contributed by atoms with van der Waals surface area (Å²) in [6.45, 7) is 24.7. The minimum Gasteiger partial charge on any atom is -0.378 e. The number of hydrogen-bond donors (Lipinski definition) is 0. The third-order valence-electron chi connectivity index (χ3n) is 12.6. The van der Waals surface area contributed by atoms with E-state index in [0.29, 0.717) is 32.7 Å². The quantitative estimate of drug-likeness (QED) is 0.192. The maximum absolute atomic E-state index is 13.2. The zero-order valence-corrected chi connectivity index (χ0v) is 30.2. The van der Waals surface area contributed by atoms with Crippen LogP contribution in [0.2, 0.25) is 0 Å². The molecule has 2 aliphatic carbocycles. The molecule has 3 rings (SSSR count). The predicted octanol–water partition coefficient (Wildman–Crippen LogP) is 8.65. The van der Waals surface area contributed by atoms with Crippen LogP contribution in [0.25, 0.3) is 0 Å². The molecule has 1 saturated heterocycles. The van der Waals surface area contributed by atoms with E-state index >= 15 is 0 Å². The molecule has 0 bridgehead atoms. The molecular formula is C39H62N2O4. The van der Waals surface area contributed by atoms with Gasteiger partial charge in [-0.25, -0.2) is 0 Å². The summed E-state index contributed by atoms with van der Waals surface area (Å²) in [4.78, 5) is 41.0. The number of amides is 1. The van der Waals surface area contributed by atoms with E-state index in [9.17, 15) is 19.6 Å². The Balaban J connectivity index is 1.92. The van der Waals surface area contributed by atoms with E-state index in [1.54, 1.807) is 6.92 Å². The topological polar surface area (TPSA) is 87.5 Å². The molecule has 0 unspecified atom stereocenters. The van der Waals surface area contributed by atoms with Crippen LogP contribution >= 0.6 is 0 Å². The Kier molecular flexibility index (Phi) is 11.8. The lowest BCUT2D eigenvalue weighted by atomic mass is 9.44. The fraction of sp³-hybridized carbons (Fsp3) is 0.795. The van der Waals surface area contributed by atoms with Crippen molar-refractivity contribution in [1.29, 1.82) is 5.26 Å². The highest BCUT2D eigenvalue weighted by atomic mass is 16.5. The van der Waals surface area contributed by atoms with Gasteiger partial charge >= 0.3 is 0 Å². The van der Waals surface area contributed by atoms with E-state index in [1.807, 2.05) is 24.0 Å². The van der Waals surface area contributed by atoms with Crippen molar-refractivity contribution in [3.63, 3.8) is 0 Å². The molecule has 2 fully saturated rings. The van der Waals surface area contributed by atoms with Gasteiger partial charge in [-0.05, 0) is 91.9 Å². The number of hydrogen-bond acceptors (Lipinski definition) is 5. The van der Waals surface area contributed by atoms with E-state index in [1.165, 1.54) is 12.8 Å². The standard InChI is InChI=1S/C39H62N2O4/c1-11-14-35(4,5)17-19-37(8,15-13-33(43)41-21-23-45-24-22-41)20-18-36(6,7)39(10)16-12-31-29(3)34(44)30(27-40)26-38(31,9)32(39)25-28(2)42/h25-26,29,31H,11-24H2,1-10H3/b32-25-/t29-,31-,37-,38-,39+/m0/s1. The predicted molar refractivity (Wildman–Crippen MR) is 181 cm³/mol. The molecule has 6 heteroatoms. The molecule has 3 aliphatic rings. The zero-order valence-electron chi connectivity index (χ0n) is 30.2. The first-order chi connectivity index (χ1) is 20.8. The lowest BCUT2D eigenvalue weighted by Gasteiger charge is -2.59. The Hall–Kier alpha value is -2.26. The first-order valence-corrected chi connectivity index (χ1v) is 17.6. The van der Waals surface area contributed by atoms with Crippen LogP contribution in [-0.2, 0) is 19.1 Å². The minimum absolute atomic E-state index is 0.00575. The molecule has 0 aromatic rings. The number of rotatable bonds is 13. The van der Waals surface area contributed by atoms with Crippen molar-refractivity contribution in [2.75, 3.05) is 26.3 Å². The second kappa shape index (κ2) is 14.2. The molecule has 0 spiro atoms. The average Bonchev–Trinajstić information content (AvgIpc) is 2.98. The van der Waals surface area contributed by atoms with Crippen molar-refractivity contribution in [3.05, 3.63) is 23.3 Å². The van der Waals surface area contributed by atoms with Gasteiger partial charge in [0.25, 0.3) is 0 Å². The van der Waals surface area contributed by atoms with Crippen LogP contribution < -0.4 is 0 Å². The molecular weight excluding hydrogens is 560 g/mol. The number of ketones is 2. The first kappa shape index (κ1) is 37.2. The van der Waals surface area contributed by atoms with E-state index in [-0.39, 0.29) is 56.5 Å². The van der Waals surface area contributed by atoms with Crippen LogP contribution in [0.5, 0.6) is 0 Å². The van der Waals surface area contributed by atoms with Gasteiger partial charge in [0.15, 0.2) is 11.6 Å². The summed E-state index contributed by atoms with van der Waals surface area (Å²) in [6, 6.07) is 2.17. The molecule has 5 atom stereocenters. The molecule has 1 aliphatic heterocycles. The second-order valence-corrected chi connectivity index (χ2v) is 16.9. The van der Waals surface area contributed by atoms with Crippen LogP contribution in [0.15, 0.2) is 23.3 Å². The maximum Gasteiger partial charge on any atom is 0.222 e. The highest BCUT2D eigenvalue weighted by molar-refractivity contribution is 6.02. The number of morpholine rings is 1. The molecule has 0 N–H and O–H groups in total. The molecule has 0 aromatic carbocycles. The summed E-state index contributed by atoms with van der Waals surface area (Å²) < 4.78 is 5.48. The van der Waals surface area contributed by atoms with Crippen molar-refractivity contribution in [3.8, 4) is 6.07 Å². The molecule has 252 valence electrons. The van der Waals surface area contributed by atoms with E-state index in [4.69, 9.17) is 4.74 Å². The van der Waals surface area contributed by atoms with Crippen LogP contribution in [0.3, 0.4) is 0 Å². The summed E-state index contributed by atoms with van der Waals surface area (Å²) >= 11 is 0. The van der Waals surface area contributed by atoms with Crippen LogP contribution in [0.1, 0.15) is 133 Å². The van der Waals surface area contributed by atoms with Gasteiger partial charge in [0, 0.05) is 30.8 Å². The van der Waals surface area contributed by atoms with Gasteiger partial charge in [0.1, 0.15) is 6.07 Å². The number of nitriles is 1. The smallest absolute Gasteiger partial charge is 0.222 e.